The van der Waals surface area contributed by atoms with E-state index < -0.39 is 40.5 Å². The number of carbonyl (C=O) groups excluding carboxylic acids is 4. The van der Waals surface area contributed by atoms with Crippen molar-refractivity contribution in [2.45, 2.75) is 79.5 Å². The van der Waals surface area contributed by atoms with Crippen molar-refractivity contribution in [3.63, 3.8) is 0 Å². The maximum absolute atomic E-state index is 12.9. The highest BCUT2D eigenvalue weighted by molar-refractivity contribution is 8.93. The molecule has 1 fully saturated rings. The Kier molecular flexibility index (Phi) is 12.3. The summed E-state index contributed by atoms with van der Waals surface area (Å²) < 4.78 is 11.1. The third kappa shape index (κ3) is 9.87. The van der Waals surface area contributed by atoms with Crippen molar-refractivity contribution in [2.75, 3.05) is 19.6 Å². The second kappa shape index (κ2) is 14.7. The molecule has 0 aromatic heterocycles. The fourth-order valence-corrected chi connectivity index (χ4v) is 4.03. The number of nitrogens with one attached hydrogen (secondary N) is 2. The Morgan fingerprint density at radius 2 is 1.45 bits per heavy atom. The van der Waals surface area contributed by atoms with Crippen molar-refractivity contribution in [3.8, 4) is 11.5 Å². The smallest absolute Gasteiger partial charge is 0.316 e. The fraction of sp³-hybridized carbons (Fsp3) is 0.515. The minimum atomic E-state index is -1.000. The highest BCUT2D eigenvalue weighted by atomic mass is 79.9. The number of aliphatic hydroxyl groups excluding tert-OH is 1. The van der Waals surface area contributed by atoms with E-state index in [9.17, 15) is 24.3 Å². The number of hydrogen-bond acceptors (Lipinski definition) is 8. The Bertz CT molecular complexity index is 1330. The average molecular weight is 677 g/mol. The van der Waals surface area contributed by atoms with E-state index in [1.165, 1.54) is 12.1 Å². The molecular formula is C33H46BrN3O7. The van der Waals surface area contributed by atoms with Gasteiger partial charge in [-0.05, 0) is 91.6 Å². The molecule has 2 aromatic rings. The average Bonchev–Trinajstić information content (AvgIpc) is 2.90. The molecule has 3 N–H and O–H groups in total. The summed E-state index contributed by atoms with van der Waals surface area (Å²) in [6.45, 7) is 15.0. The standard InChI is InChI=1S/C33H45N3O7.BrH/c1-31(2,3)29(40)42-25-15-14-22(18-26(25)43-30(41)32(4,5)6)24(37)19-35-33(7,8)20-34-27(38)23-16-17-36(23)28(39)21-12-10-9-11-13-21;/h9-15,18,23-24,35,37H,16-17,19-20H2,1-8H3,(H,34,38);1H. The van der Waals surface area contributed by atoms with Gasteiger partial charge < -0.3 is 30.1 Å². The predicted molar refractivity (Wildman–Crippen MR) is 173 cm³/mol. The third-order valence-corrected chi connectivity index (χ3v) is 7.07. The van der Waals surface area contributed by atoms with Crippen LogP contribution in [0.15, 0.2) is 48.5 Å². The molecule has 44 heavy (non-hydrogen) atoms. The molecule has 2 amide bonds. The first-order valence-electron chi connectivity index (χ1n) is 14.5. The summed E-state index contributed by atoms with van der Waals surface area (Å²) in [6, 6.07) is 13.0. The number of amides is 2. The van der Waals surface area contributed by atoms with Crippen molar-refractivity contribution < 1.29 is 33.8 Å². The molecule has 1 aliphatic heterocycles. The second-order valence-electron chi connectivity index (χ2n) is 13.7. The molecule has 0 bridgehead atoms. The van der Waals surface area contributed by atoms with E-state index in [1.807, 2.05) is 19.9 Å². The Hall–Kier alpha value is -3.28. The molecule has 1 heterocycles. The van der Waals surface area contributed by atoms with Gasteiger partial charge >= 0.3 is 11.9 Å². The predicted octanol–water partition coefficient (Wildman–Crippen LogP) is 4.60. The SMILES string of the molecule is Br.CC(C)(CNC(=O)C1CCN1C(=O)c1ccccc1)NCC(O)c1ccc(OC(=O)C(C)(C)C)c(OC(=O)C(C)(C)C)c1. The maximum atomic E-state index is 12.9. The second-order valence-corrected chi connectivity index (χ2v) is 13.7. The molecule has 10 nitrogen and oxygen atoms in total. The monoisotopic (exact) mass is 675 g/mol. The Labute approximate surface area is 270 Å². The summed E-state index contributed by atoms with van der Waals surface area (Å²) in [4.78, 5) is 52.4. The normalized spacial score (nSPS) is 15.8. The molecule has 3 rings (SSSR count). The summed E-state index contributed by atoms with van der Waals surface area (Å²) >= 11 is 0. The number of nitrogens with zero attached hydrogens (tertiary/aromatic N) is 1. The Balaban J connectivity index is 0.00000675. The summed E-state index contributed by atoms with van der Waals surface area (Å²) in [6.07, 6.45) is -0.403. The van der Waals surface area contributed by atoms with Gasteiger partial charge in [0.05, 0.1) is 16.9 Å². The maximum Gasteiger partial charge on any atom is 0.316 e. The first-order chi connectivity index (χ1) is 19.9. The molecule has 2 atom stereocenters. The number of esters is 2. The van der Waals surface area contributed by atoms with Crippen LogP contribution in [-0.4, -0.2) is 65.0 Å². The molecule has 0 aliphatic carbocycles. The molecule has 1 aliphatic rings. The van der Waals surface area contributed by atoms with Gasteiger partial charge in [0.25, 0.3) is 5.91 Å². The van der Waals surface area contributed by atoms with E-state index >= 15 is 0 Å². The van der Waals surface area contributed by atoms with Gasteiger partial charge in [-0.2, -0.15) is 0 Å². The number of aliphatic hydroxyl groups is 1. The summed E-state index contributed by atoms with van der Waals surface area (Å²) in [7, 11) is 0. The van der Waals surface area contributed by atoms with E-state index in [-0.39, 0.29) is 53.4 Å². The van der Waals surface area contributed by atoms with Crippen molar-refractivity contribution in [1.29, 1.82) is 0 Å². The number of rotatable bonds is 10. The zero-order valence-corrected chi connectivity index (χ0v) is 28.6. The van der Waals surface area contributed by atoms with Crippen LogP contribution in [0.1, 0.15) is 83.8 Å². The van der Waals surface area contributed by atoms with Crippen LogP contribution in [0, 0.1) is 10.8 Å². The minimum Gasteiger partial charge on any atom is -0.422 e. The summed E-state index contributed by atoms with van der Waals surface area (Å²) in [5, 5.41) is 17.2. The van der Waals surface area contributed by atoms with Crippen LogP contribution in [0.3, 0.4) is 0 Å². The molecule has 2 unspecified atom stereocenters. The van der Waals surface area contributed by atoms with E-state index in [2.05, 4.69) is 10.6 Å². The van der Waals surface area contributed by atoms with Gasteiger partial charge in [0.1, 0.15) is 6.04 Å². The molecule has 242 valence electrons. The van der Waals surface area contributed by atoms with Gasteiger partial charge in [-0.3, -0.25) is 19.2 Å². The van der Waals surface area contributed by atoms with Crippen LogP contribution in [0.5, 0.6) is 11.5 Å². The molecule has 0 saturated carbocycles. The highest BCUT2D eigenvalue weighted by Crippen LogP contribution is 2.34. The summed E-state index contributed by atoms with van der Waals surface area (Å²) in [5.41, 5.74) is -1.18. The van der Waals surface area contributed by atoms with Crippen molar-refractivity contribution >= 4 is 40.7 Å². The van der Waals surface area contributed by atoms with Crippen molar-refractivity contribution in [1.82, 2.24) is 15.5 Å². The van der Waals surface area contributed by atoms with Crippen LogP contribution in [0.4, 0.5) is 0 Å². The molecule has 1 saturated heterocycles. The van der Waals surface area contributed by atoms with Crippen LogP contribution in [-0.2, 0) is 14.4 Å². The van der Waals surface area contributed by atoms with Crippen LogP contribution >= 0.6 is 17.0 Å². The zero-order chi connectivity index (χ0) is 32.2. The quantitative estimate of drug-likeness (QED) is 0.246. The first kappa shape index (κ1) is 36.9. The van der Waals surface area contributed by atoms with Crippen molar-refractivity contribution in [2.24, 2.45) is 10.8 Å². The highest BCUT2D eigenvalue weighted by Gasteiger charge is 2.38. The molecular weight excluding hydrogens is 630 g/mol. The third-order valence-electron chi connectivity index (χ3n) is 7.07. The number of carbonyl (C=O) groups is 4. The lowest BCUT2D eigenvalue weighted by Crippen LogP contribution is -2.60. The van der Waals surface area contributed by atoms with Gasteiger partial charge in [0.15, 0.2) is 11.5 Å². The number of likely N-dealkylation sites (tertiary alicyclic amines) is 1. The zero-order valence-electron chi connectivity index (χ0n) is 26.9. The largest absolute Gasteiger partial charge is 0.422 e. The number of β-amino-alcohol motifs (C(OH)–C–C–N with tert-alkyl or cyclic N) is 1. The molecule has 11 heteroatoms. The van der Waals surface area contributed by atoms with Crippen LogP contribution in [0.25, 0.3) is 0 Å². The summed E-state index contributed by atoms with van der Waals surface area (Å²) in [5.74, 6) is -1.28. The van der Waals surface area contributed by atoms with E-state index in [0.29, 0.717) is 24.1 Å². The van der Waals surface area contributed by atoms with E-state index in [4.69, 9.17) is 9.47 Å². The molecule has 2 aromatic carbocycles. The first-order valence-corrected chi connectivity index (χ1v) is 14.5. The van der Waals surface area contributed by atoms with Gasteiger partial charge in [0, 0.05) is 30.7 Å². The Morgan fingerprint density at radius 3 is 1.98 bits per heavy atom. The number of ether oxygens (including phenoxy) is 2. The number of benzene rings is 2. The van der Waals surface area contributed by atoms with E-state index in [1.54, 1.807) is 76.8 Å². The molecule has 0 spiro atoms. The van der Waals surface area contributed by atoms with Crippen LogP contribution in [0.2, 0.25) is 0 Å². The van der Waals surface area contributed by atoms with Crippen molar-refractivity contribution in [3.05, 3.63) is 59.7 Å². The number of hydrogen-bond donors (Lipinski definition) is 3. The number of halogens is 1. The van der Waals surface area contributed by atoms with Gasteiger partial charge in [-0.1, -0.05) is 24.3 Å². The lowest BCUT2D eigenvalue weighted by atomic mass is 9.97. The Morgan fingerprint density at radius 1 is 0.886 bits per heavy atom. The minimum absolute atomic E-state index is 0. The topological polar surface area (TPSA) is 134 Å². The van der Waals surface area contributed by atoms with Gasteiger partial charge in [-0.25, -0.2) is 0 Å². The molecule has 0 radical (unpaired) electrons. The van der Waals surface area contributed by atoms with E-state index in [0.717, 1.165) is 0 Å². The lowest BCUT2D eigenvalue weighted by Gasteiger charge is -2.40. The van der Waals surface area contributed by atoms with Gasteiger partial charge in [0.2, 0.25) is 5.91 Å². The fourth-order valence-electron chi connectivity index (χ4n) is 4.03. The lowest BCUT2D eigenvalue weighted by molar-refractivity contribution is -0.145. The van der Waals surface area contributed by atoms with Gasteiger partial charge in [-0.15, -0.1) is 17.0 Å². The van der Waals surface area contributed by atoms with Crippen LogP contribution < -0.4 is 20.1 Å².